The minimum Gasteiger partial charge on any atom is -0.408 e. The second kappa shape index (κ2) is 9.14. The maximum atomic E-state index is 14.0. The Bertz CT molecular complexity index is 915. The van der Waals surface area contributed by atoms with E-state index in [-0.39, 0.29) is 39.7 Å². The Labute approximate surface area is 184 Å². The molecule has 0 amide bonds. The van der Waals surface area contributed by atoms with Crippen LogP contribution in [0.25, 0.3) is 0 Å². The summed E-state index contributed by atoms with van der Waals surface area (Å²) in [4.78, 5) is 14.5. The number of nitro groups is 1. The lowest BCUT2D eigenvalue weighted by Crippen LogP contribution is -2.46. The number of halogens is 1. The summed E-state index contributed by atoms with van der Waals surface area (Å²) in [5.41, 5.74) is 1.92. The quantitative estimate of drug-likeness (QED) is 0.343. The SMILES string of the molecule is CC(C)(C)[Si](C)(C)OC(c1cncc(F)c1)[C@H]1CC[C@@H](Cc2ccc([N+](=O)[O-])cc2)N1. The fraction of sp³-hybridized carbons (Fsp3) is 0.522. The number of rotatable bonds is 7. The van der Waals surface area contributed by atoms with E-state index in [0.29, 0.717) is 0 Å². The van der Waals surface area contributed by atoms with Gasteiger partial charge in [0, 0.05) is 36.0 Å². The average Bonchev–Trinajstić information content (AvgIpc) is 3.14. The standard InChI is InChI=1S/C23H32FN3O3Si/c1-23(2,3)31(4,5)30-22(17-13-18(24)15-25-14-17)21-11-8-19(26-21)12-16-6-9-20(10-7-16)27(28)29/h6-7,9-10,13-15,19,21-22,26H,8,11-12H2,1-5H3/t19-,21+,22?/m0/s1. The molecule has 1 N–H and O–H groups in total. The van der Waals surface area contributed by atoms with Gasteiger partial charge in [-0.15, -0.1) is 0 Å². The van der Waals surface area contributed by atoms with Crippen molar-refractivity contribution in [3.63, 3.8) is 0 Å². The van der Waals surface area contributed by atoms with Crippen LogP contribution in [0.15, 0.2) is 42.7 Å². The van der Waals surface area contributed by atoms with Crippen molar-refractivity contribution in [2.24, 2.45) is 0 Å². The van der Waals surface area contributed by atoms with E-state index in [1.165, 1.54) is 12.3 Å². The van der Waals surface area contributed by atoms with Crippen molar-refractivity contribution in [2.75, 3.05) is 0 Å². The number of pyridine rings is 1. The molecule has 31 heavy (non-hydrogen) atoms. The van der Waals surface area contributed by atoms with E-state index < -0.39 is 8.32 Å². The van der Waals surface area contributed by atoms with Crippen LogP contribution in [0.5, 0.6) is 0 Å². The smallest absolute Gasteiger partial charge is 0.269 e. The largest absolute Gasteiger partial charge is 0.408 e. The van der Waals surface area contributed by atoms with Crippen LogP contribution in [-0.4, -0.2) is 30.3 Å². The van der Waals surface area contributed by atoms with Gasteiger partial charge in [-0.2, -0.15) is 0 Å². The number of nitrogens with zero attached hydrogens (tertiary/aromatic N) is 2. The zero-order chi connectivity index (χ0) is 22.8. The first kappa shape index (κ1) is 23.5. The van der Waals surface area contributed by atoms with E-state index in [1.54, 1.807) is 18.3 Å². The van der Waals surface area contributed by atoms with Crippen LogP contribution in [0.4, 0.5) is 10.1 Å². The molecular weight excluding hydrogens is 413 g/mol. The molecule has 1 aliphatic rings. The molecule has 3 rings (SSSR count). The van der Waals surface area contributed by atoms with Gasteiger partial charge in [-0.3, -0.25) is 15.1 Å². The van der Waals surface area contributed by atoms with Crippen molar-refractivity contribution in [3.05, 3.63) is 69.8 Å². The normalized spacial score (nSPS) is 20.6. The van der Waals surface area contributed by atoms with Crippen LogP contribution in [0.3, 0.4) is 0 Å². The molecule has 2 heterocycles. The van der Waals surface area contributed by atoms with E-state index in [1.807, 2.05) is 12.1 Å². The Balaban J connectivity index is 1.76. The topological polar surface area (TPSA) is 77.3 Å². The van der Waals surface area contributed by atoms with Gasteiger partial charge in [0.05, 0.1) is 17.2 Å². The summed E-state index contributed by atoms with van der Waals surface area (Å²) in [6, 6.07) is 8.53. The highest BCUT2D eigenvalue weighted by Crippen LogP contribution is 2.42. The zero-order valence-corrected chi connectivity index (χ0v) is 19.9. The molecule has 6 nitrogen and oxygen atoms in total. The Hall–Kier alpha value is -2.16. The Kier molecular flexibility index (Phi) is 6.93. The van der Waals surface area contributed by atoms with Gasteiger partial charge in [-0.05, 0) is 49.0 Å². The number of hydrogen-bond donors (Lipinski definition) is 1. The number of hydrogen-bond acceptors (Lipinski definition) is 5. The molecule has 1 saturated heterocycles. The van der Waals surface area contributed by atoms with Crippen LogP contribution in [-0.2, 0) is 10.8 Å². The van der Waals surface area contributed by atoms with Crippen LogP contribution < -0.4 is 5.32 Å². The van der Waals surface area contributed by atoms with Gasteiger partial charge in [-0.25, -0.2) is 4.39 Å². The maximum Gasteiger partial charge on any atom is 0.269 e. The van der Waals surface area contributed by atoms with E-state index in [9.17, 15) is 14.5 Å². The summed E-state index contributed by atoms with van der Waals surface area (Å²) in [7, 11) is -2.10. The Morgan fingerprint density at radius 1 is 1.26 bits per heavy atom. The van der Waals surface area contributed by atoms with Gasteiger partial charge in [-0.1, -0.05) is 32.9 Å². The third kappa shape index (κ3) is 5.75. The van der Waals surface area contributed by atoms with E-state index in [4.69, 9.17) is 4.43 Å². The molecular formula is C23H32FN3O3Si. The van der Waals surface area contributed by atoms with Crippen molar-refractivity contribution in [3.8, 4) is 0 Å². The zero-order valence-electron chi connectivity index (χ0n) is 18.9. The molecule has 0 spiro atoms. The molecule has 1 unspecified atom stereocenters. The second-order valence-electron chi connectivity index (χ2n) is 9.91. The summed E-state index contributed by atoms with van der Waals surface area (Å²) in [6.45, 7) is 11.0. The summed E-state index contributed by atoms with van der Waals surface area (Å²) >= 11 is 0. The van der Waals surface area contributed by atoms with E-state index in [2.05, 4.69) is 44.2 Å². The highest BCUT2D eigenvalue weighted by molar-refractivity contribution is 6.74. The first-order valence-corrected chi connectivity index (χ1v) is 13.6. The first-order chi connectivity index (χ1) is 14.5. The summed E-state index contributed by atoms with van der Waals surface area (Å²) in [5, 5.41) is 14.6. The molecule has 0 aliphatic carbocycles. The van der Waals surface area contributed by atoms with Crippen LogP contribution >= 0.6 is 0 Å². The van der Waals surface area contributed by atoms with Crippen LogP contribution in [0, 0.1) is 15.9 Å². The third-order valence-electron chi connectivity index (χ3n) is 6.55. The van der Waals surface area contributed by atoms with Gasteiger partial charge in [0.1, 0.15) is 5.82 Å². The molecule has 1 aromatic heterocycles. The highest BCUT2D eigenvalue weighted by Gasteiger charge is 2.42. The minimum atomic E-state index is -2.10. The van der Waals surface area contributed by atoms with Gasteiger partial charge >= 0.3 is 0 Å². The summed E-state index contributed by atoms with van der Waals surface area (Å²) < 4.78 is 20.7. The average molecular weight is 446 g/mol. The third-order valence-corrected chi connectivity index (χ3v) is 11.0. The molecule has 168 valence electrons. The lowest BCUT2D eigenvalue weighted by atomic mass is 10.0. The molecule has 1 aromatic carbocycles. The molecule has 2 aromatic rings. The van der Waals surface area contributed by atoms with Crippen LogP contribution in [0.1, 0.15) is 50.8 Å². The first-order valence-electron chi connectivity index (χ1n) is 10.7. The lowest BCUT2D eigenvalue weighted by Gasteiger charge is -2.41. The van der Waals surface area contributed by atoms with Crippen molar-refractivity contribution in [2.45, 2.75) is 76.4 Å². The van der Waals surface area contributed by atoms with Gasteiger partial charge in [0.25, 0.3) is 5.69 Å². The fourth-order valence-corrected chi connectivity index (χ4v) is 5.04. The van der Waals surface area contributed by atoms with Crippen LogP contribution in [0.2, 0.25) is 18.1 Å². The van der Waals surface area contributed by atoms with E-state index in [0.717, 1.165) is 30.4 Å². The monoisotopic (exact) mass is 445 g/mol. The lowest BCUT2D eigenvalue weighted by molar-refractivity contribution is -0.384. The predicted octanol–water partition coefficient (Wildman–Crippen LogP) is 5.56. The van der Waals surface area contributed by atoms with Crippen molar-refractivity contribution in [1.82, 2.24) is 10.3 Å². The summed E-state index contributed by atoms with van der Waals surface area (Å²) in [6.07, 6.45) is 5.29. The number of aromatic nitrogens is 1. The molecule has 3 atom stereocenters. The molecule has 1 fully saturated rings. The number of nitro benzene ring substituents is 1. The molecule has 8 heteroatoms. The molecule has 1 aliphatic heterocycles. The second-order valence-corrected chi connectivity index (χ2v) is 14.7. The fourth-order valence-electron chi connectivity index (χ4n) is 3.75. The maximum absolute atomic E-state index is 14.0. The van der Waals surface area contributed by atoms with Crippen molar-refractivity contribution in [1.29, 1.82) is 0 Å². The Morgan fingerprint density at radius 2 is 1.94 bits per heavy atom. The molecule has 0 bridgehead atoms. The molecule has 0 radical (unpaired) electrons. The van der Waals surface area contributed by atoms with Crippen molar-refractivity contribution >= 4 is 14.0 Å². The number of benzene rings is 1. The van der Waals surface area contributed by atoms with Gasteiger partial charge in [0.15, 0.2) is 8.32 Å². The van der Waals surface area contributed by atoms with Crippen molar-refractivity contribution < 1.29 is 13.7 Å². The number of nitrogens with one attached hydrogen (secondary N) is 1. The van der Waals surface area contributed by atoms with Gasteiger partial charge < -0.3 is 9.74 Å². The van der Waals surface area contributed by atoms with Gasteiger partial charge in [0.2, 0.25) is 0 Å². The summed E-state index contributed by atoms with van der Waals surface area (Å²) in [5.74, 6) is -0.359. The van der Waals surface area contributed by atoms with E-state index >= 15 is 0 Å². The molecule has 0 saturated carbocycles. The predicted molar refractivity (Wildman–Crippen MR) is 122 cm³/mol. The minimum absolute atomic E-state index is 0.0305. The highest BCUT2D eigenvalue weighted by atomic mass is 28.4. The number of non-ortho nitro benzene ring substituents is 1. The Morgan fingerprint density at radius 3 is 2.52 bits per heavy atom.